The monoisotopic (exact) mass is 599 g/mol. The van der Waals surface area contributed by atoms with Crippen LogP contribution in [0.25, 0.3) is 6.08 Å². The van der Waals surface area contributed by atoms with Gasteiger partial charge in [-0.25, -0.2) is 9.79 Å². The Kier molecular flexibility index (Phi) is 5.92. The predicted molar refractivity (Wildman–Crippen MR) is 115 cm³/mol. The van der Waals surface area contributed by atoms with Gasteiger partial charge in [0.1, 0.15) is 5.75 Å². The lowest BCUT2D eigenvalue weighted by atomic mass is 10.1. The Bertz CT molecular complexity index is 942. The summed E-state index contributed by atoms with van der Waals surface area (Å²) >= 11 is 16.4. The molecule has 0 aromatic heterocycles. The smallest absolute Gasteiger partial charge is 0.363 e. The molecule has 2 aromatic carbocycles. The zero-order valence-electron chi connectivity index (χ0n) is 12.6. The zero-order valence-corrected chi connectivity index (χ0v) is 18.5. The molecule has 0 amide bonds. The van der Waals surface area contributed by atoms with Crippen molar-refractivity contribution in [2.75, 3.05) is 7.11 Å². The van der Waals surface area contributed by atoms with Gasteiger partial charge in [-0.15, -0.1) is 0 Å². The molecular formula is C17H9Cl2I2NO3. The number of hydrogen-bond acceptors (Lipinski definition) is 4. The van der Waals surface area contributed by atoms with Crippen molar-refractivity contribution in [1.29, 1.82) is 0 Å². The van der Waals surface area contributed by atoms with E-state index >= 15 is 0 Å². The molecule has 3 rings (SSSR count). The molecule has 0 fully saturated rings. The Morgan fingerprint density at radius 2 is 1.96 bits per heavy atom. The summed E-state index contributed by atoms with van der Waals surface area (Å²) in [4.78, 5) is 16.5. The van der Waals surface area contributed by atoms with Crippen LogP contribution in [0.3, 0.4) is 0 Å². The fourth-order valence-electron chi connectivity index (χ4n) is 2.24. The highest BCUT2D eigenvalue weighted by Gasteiger charge is 2.26. The van der Waals surface area contributed by atoms with Crippen molar-refractivity contribution in [3.8, 4) is 5.75 Å². The second kappa shape index (κ2) is 7.81. The van der Waals surface area contributed by atoms with E-state index in [2.05, 4.69) is 50.2 Å². The molecule has 0 spiro atoms. The molecule has 0 aliphatic carbocycles. The van der Waals surface area contributed by atoms with Crippen molar-refractivity contribution >= 4 is 86.3 Å². The summed E-state index contributed by atoms with van der Waals surface area (Å²) in [5, 5.41) is 0.856. The van der Waals surface area contributed by atoms with Crippen LogP contribution < -0.4 is 4.74 Å². The van der Waals surface area contributed by atoms with Crippen LogP contribution in [0.4, 0.5) is 0 Å². The standard InChI is InChI=1S/C17H9Cl2I2NO3/c1-24-15-8(4-10(20)7-13(15)21)5-14-17(23)25-16(22-14)11-3-2-9(18)6-12(11)19/h2-7H,1H3/b14-5-. The van der Waals surface area contributed by atoms with Gasteiger partial charge in [-0.2, -0.15) is 0 Å². The first kappa shape index (κ1) is 18.9. The number of carbonyl (C=O) groups is 1. The van der Waals surface area contributed by atoms with E-state index in [4.69, 9.17) is 32.7 Å². The van der Waals surface area contributed by atoms with E-state index in [-0.39, 0.29) is 11.6 Å². The first-order valence-electron chi connectivity index (χ1n) is 6.90. The summed E-state index contributed by atoms with van der Waals surface area (Å²) in [6, 6.07) is 8.78. The van der Waals surface area contributed by atoms with E-state index < -0.39 is 5.97 Å². The molecule has 0 N–H and O–H groups in total. The number of esters is 1. The third-order valence-electron chi connectivity index (χ3n) is 3.32. The third-order valence-corrected chi connectivity index (χ3v) is 5.29. The average Bonchev–Trinajstić information content (AvgIpc) is 2.87. The molecule has 2 aromatic rings. The number of cyclic esters (lactones) is 1. The van der Waals surface area contributed by atoms with Crippen LogP contribution in [-0.2, 0) is 9.53 Å². The minimum Gasteiger partial charge on any atom is -0.495 e. The maximum absolute atomic E-state index is 12.2. The SMILES string of the molecule is COc1c(I)cc(I)cc1/C=C1\N=C(c2ccc(Cl)cc2Cl)OC1=O. The zero-order chi connectivity index (χ0) is 18.1. The van der Waals surface area contributed by atoms with E-state index in [0.29, 0.717) is 21.4 Å². The number of ether oxygens (including phenoxy) is 2. The second-order valence-corrected chi connectivity index (χ2v) is 8.22. The molecule has 0 radical (unpaired) electrons. The fraction of sp³-hybridized carbons (Fsp3) is 0.0588. The molecule has 4 nitrogen and oxygen atoms in total. The van der Waals surface area contributed by atoms with Gasteiger partial charge in [-0.1, -0.05) is 23.2 Å². The fourth-order valence-corrected chi connectivity index (χ4v) is 4.84. The Labute approximate surface area is 181 Å². The van der Waals surface area contributed by atoms with Gasteiger partial charge in [0.2, 0.25) is 5.90 Å². The highest BCUT2D eigenvalue weighted by atomic mass is 127. The largest absolute Gasteiger partial charge is 0.495 e. The lowest BCUT2D eigenvalue weighted by Crippen LogP contribution is -2.06. The van der Waals surface area contributed by atoms with E-state index in [0.717, 1.165) is 12.7 Å². The van der Waals surface area contributed by atoms with E-state index in [1.807, 2.05) is 12.1 Å². The van der Waals surface area contributed by atoms with Crippen LogP contribution in [0.5, 0.6) is 5.75 Å². The minimum absolute atomic E-state index is 0.150. The summed E-state index contributed by atoms with van der Waals surface area (Å²) in [5.74, 6) is 0.281. The molecule has 1 heterocycles. The summed E-state index contributed by atoms with van der Waals surface area (Å²) in [6.07, 6.45) is 1.64. The van der Waals surface area contributed by atoms with Crippen molar-refractivity contribution in [3.05, 3.63) is 64.3 Å². The molecule has 0 atom stereocenters. The van der Waals surface area contributed by atoms with Crippen molar-refractivity contribution in [2.45, 2.75) is 0 Å². The highest BCUT2D eigenvalue weighted by molar-refractivity contribution is 14.1. The van der Waals surface area contributed by atoms with Crippen molar-refractivity contribution in [3.63, 3.8) is 0 Å². The molecule has 0 saturated carbocycles. The van der Waals surface area contributed by atoms with Gasteiger partial charge in [-0.3, -0.25) is 0 Å². The van der Waals surface area contributed by atoms with Crippen molar-refractivity contribution in [1.82, 2.24) is 0 Å². The number of halogens is 4. The Morgan fingerprint density at radius 1 is 1.20 bits per heavy atom. The number of aliphatic imine (C=N–C) groups is 1. The predicted octanol–water partition coefficient (Wildman–Crippen LogP) is 5.56. The lowest BCUT2D eigenvalue weighted by molar-refractivity contribution is -0.129. The van der Waals surface area contributed by atoms with Crippen LogP contribution in [0.2, 0.25) is 10.0 Å². The summed E-state index contributed by atoms with van der Waals surface area (Å²) in [5.41, 5.74) is 1.43. The molecule has 0 unspecified atom stereocenters. The average molecular weight is 600 g/mol. The van der Waals surface area contributed by atoms with Gasteiger partial charge in [0.15, 0.2) is 5.70 Å². The van der Waals surface area contributed by atoms with Gasteiger partial charge in [-0.05, 0) is 81.6 Å². The van der Waals surface area contributed by atoms with E-state index in [9.17, 15) is 4.79 Å². The molecule has 0 saturated heterocycles. The number of hydrogen-bond donors (Lipinski definition) is 0. The molecule has 128 valence electrons. The highest BCUT2D eigenvalue weighted by Crippen LogP contribution is 2.32. The third kappa shape index (κ3) is 4.12. The molecule has 0 bridgehead atoms. The molecule has 8 heteroatoms. The molecule has 1 aliphatic rings. The summed E-state index contributed by atoms with van der Waals surface area (Å²) in [7, 11) is 1.58. The molecular weight excluding hydrogens is 591 g/mol. The van der Waals surface area contributed by atoms with Gasteiger partial charge >= 0.3 is 5.97 Å². The first-order valence-corrected chi connectivity index (χ1v) is 9.81. The van der Waals surface area contributed by atoms with Crippen molar-refractivity contribution < 1.29 is 14.3 Å². The van der Waals surface area contributed by atoms with Crippen molar-refractivity contribution in [2.24, 2.45) is 4.99 Å². The topological polar surface area (TPSA) is 47.9 Å². The van der Waals surface area contributed by atoms with Crippen LogP contribution in [0, 0.1) is 7.14 Å². The normalized spacial score (nSPS) is 15.3. The Morgan fingerprint density at radius 3 is 2.64 bits per heavy atom. The maximum Gasteiger partial charge on any atom is 0.363 e. The van der Waals surface area contributed by atoms with Gasteiger partial charge in [0.05, 0.1) is 21.3 Å². The Balaban J connectivity index is 2.05. The maximum atomic E-state index is 12.2. The molecule has 1 aliphatic heterocycles. The van der Waals surface area contributed by atoms with Gasteiger partial charge in [0.25, 0.3) is 0 Å². The van der Waals surface area contributed by atoms with Gasteiger partial charge in [0, 0.05) is 14.2 Å². The van der Waals surface area contributed by atoms with Crippen LogP contribution in [0.1, 0.15) is 11.1 Å². The van der Waals surface area contributed by atoms with Crippen LogP contribution >= 0.6 is 68.4 Å². The lowest BCUT2D eigenvalue weighted by Gasteiger charge is -2.08. The molecule has 25 heavy (non-hydrogen) atoms. The first-order chi connectivity index (χ1) is 11.9. The number of nitrogens with zero attached hydrogens (tertiary/aromatic N) is 1. The van der Waals surface area contributed by atoms with E-state index in [1.165, 1.54) is 0 Å². The van der Waals surface area contributed by atoms with Crippen LogP contribution in [-0.4, -0.2) is 19.0 Å². The van der Waals surface area contributed by atoms with E-state index in [1.54, 1.807) is 31.4 Å². The number of carbonyl (C=O) groups excluding carboxylic acids is 1. The minimum atomic E-state index is -0.545. The summed E-state index contributed by atoms with van der Waals surface area (Å²) < 4.78 is 12.6. The quantitative estimate of drug-likeness (QED) is 0.264. The Hall–Kier alpha value is -0.840. The van der Waals surface area contributed by atoms with Crippen LogP contribution in [0.15, 0.2) is 41.0 Å². The summed E-state index contributed by atoms with van der Waals surface area (Å²) in [6.45, 7) is 0. The van der Waals surface area contributed by atoms with Gasteiger partial charge < -0.3 is 9.47 Å². The number of methoxy groups -OCH3 is 1. The number of benzene rings is 2. The number of rotatable bonds is 3. The second-order valence-electron chi connectivity index (χ2n) is 4.97.